The molecule has 0 saturated heterocycles. The predicted octanol–water partition coefficient (Wildman–Crippen LogP) is 4.94. The van der Waals surface area contributed by atoms with Gasteiger partial charge in [-0.2, -0.15) is 0 Å². The van der Waals surface area contributed by atoms with Gasteiger partial charge in [-0.15, -0.1) is 11.3 Å². The van der Waals surface area contributed by atoms with Crippen LogP contribution in [0.1, 0.15) is 31.8 Å². The highest BCUT2D eigenvalue weighted by molar-refractivity contribution is 7.26. The van der Waals surface area contributed by atoms with E-state index < -0.39 is 11.9 Å². The first-order chi connectivity index (χ1) is 12.2. The van der Waals surface area contributed by atoms with Crippen molar-refractivity contribution in [3.63, 3.8) is 0 Å². The van der Waals surface area contributed by atoms with Gasteiger partial charge in [0.25, 0.3) is 0 Å². The molecule has 0 amide bonds. The first kappa shape index (κ1) is 13.3. The Morgan fingerprint density at radius 2 is 1.60 bits per heavy atom. The van der Waals surface area contributed by atoms with Crippen LogP contribution in [0, 0.1) is 0 Å². The SMILES string of the molecule is O=C1OC(=O)c2c1c1c(c3sc4ccccc4c23)Cc2ccccc2-1. The van der Waals surface area contributed by atoms with Gasteiger partial charge in [-0.25, -0.2) is 9.59 Å². The second kappa shape index (κ2) is 4.35. The van der Waals surface area contributed by atoms with Crippen molar-refractivity contribution in [1.82, 2.24) is 0 Å². The molecule has 6 rings (SSSR count). The smallest absolute Gasteiger partial charge is 0.347 e. The van der Waals surface area contributed by atoms with Crippen molar-refractivity contribution in [2.45, 2.75) is 6.42 Å². The van der Waals surface area contributed by atoms with Crippen LogP contribution in [-0.2, 0) is 11.2 Å². The number of thiophene rings is 1. The molecule has 4 aromatic rings. The van der Waals surface area contributed by atoms with Crippen LogP contribution in [-0.4, -0.2) is 11.9 Å². The van der Waals surface area contributed by atoms with Crippen LogP contribution in [0.25, 0.3) is 31.3 Å². The van der Waals surface area contributed by atoms with E-state index in [1.807, 2.05) is 36.4 Å². The predicted molar refractivity (Wildman–Crippen MR) is 97.3 cm³/mol. The molecule has 3 aromatic carbocycles. The lowest BCUT2D eigenvalue weighted by molar-refractivity contribution is 0.0445. The van der Waals surface area contributed by atoms with Crippen molar-refractivity contribution in [2.75, 3.05) is 0 Å². The maximum atomic E-state index is 12.5. The maximum Gasteiger partial charge on any atom is 0.347 e. The van der Waals surface area contributed by atoms with Gasteiger partial charge in [0.2, 0.25) is 0 Å². The third kappa shape index (κ3) is 1.51. The Morgan fingerprint density at radius 1 is 0.840 bits per heavy atom. The molecule has 2 aliphatic rings. The van der Waals surface area contributed by atoms with Gasteiger partial charge in [0.05, 0.1) is 11.1 Å². The minimum absolute atomic E-state index is 0.438. The third-order valence-corrected chi connectivity index (χ3v) is 6.40. The number of benzene rings is 3. The molecular formula is C21H10O3S. The number of fused-ring (bicyclic) bond motifs is 10. The Morgan fingerprint density at radius 3 is 2.52 bits per heavy atom. The average Bonchev–Trinajstić information content (AvgIpc) is 3.26. The highest BCUT2D eigenvalue weighted by atomic mass is 32.1. The summed E-state index contributed by atoms with van der Waals surface area (Å²) in [7, 11) is 0. The van der Waals surface area contributed by atoms with Crippen LogP contribution in [0.5, 0.6) is 0 Å². The van der Waals surface area contributed by atoms with E-state index in [4.69, 9.17) is 4.74 Å². The van der Waals surface area contributed by atoms with E-state index in [9.17, 15) is 9.59 Å². The van der Waals surface area contributed by atoms with Crippen LogP contribution in [0.4, 0.5) is 0 Å². The highest BCUT2D eigenvalue weighted by Crippen LogP contribution is 2.50. The van der Waals surface area contributed by atoms with Crippen LogP contribution in [0.3, 0.4) is 0 Å². The Bertz CT molecular complexity index is 1280. The van der Waals surface area contributed by atoms with Crippen LogP contribution < -0.4 is 0 Å². The van der Waals surface area contributed by atoms with E-state index >= 15 is 0 Å². The summed E-state index contributed by atoms with van der Waals surface area (Å²) in [6, 6.07) is 16.1. The van der Waals surface area contributed by atoms with Crippen molar-refractivity contribution in [2.24, 2.45) is 0 Å². The number of rotatable bonds is 0. The van der Waals surface area contributed by atoms with Gasteiger partial charge < -0.3 is 4.74 Å². The monoisotopic (exact) mass is 342 g/mol. The lowest BCUT2D eigenvalue weighted by atomic mass is 9.92. The standard InChI is InChI=1S/C21H10O3S/c22-20-17-15-11-6-2-1-5-10(11)9-13(15)19-16(18(17)21(23)24-20)12-7-3-4-8-14(12)25-19/h1-8H,9H2. The molecule has 0 N–H and O–H groups in total. The number of carbonyl (C=O) groups excluding carboxylic acids is 2. The molecule has 0 bridgehead atoms. The zero-order chi connectivity index (χ0) is 16.7. The van der Waals surface area contributed by atoms with Gasteiger partial charge in [0, 0.05) is 32.2 Å². The molecule has 1 aliphatic carbocycles. The van der Waals surface area contributed by atoms with Gasteiger partial charge in [-0.1, -0.05) is 42.5 Å². The van der Waals surface area contributed by atoms with Crippen LogP contribution in [0.15, 0.2) is 48.5 Å². The van der Waals surface area contributed by atoms with Crippen molar-refractivity contribution in [3.05, 3.63) is 70.8 Å². The van der Waals surface area contributed by atoms with E-state index in [0.717, 1.165) is 43.3 Å². The van der Waals surface area contributed by atoms with Crippen LogP contribution >= 0.6 is 11.3 Å². The number of cyclic esters (lactones) is 2. The maximum absolute atomic E-state index is 12.5. The molecule has 3 nitrogen and oxygen atoms in total. The minimum atomic E-state index is -0.527. The number of esters is 2. The minimum Gasteiger partial charge on any atom is -0.386 e. The van der Waals surface area contributed by atoms with E-state index in [1.165, 1.54) is 5.56 Å². The van der Waals surface area contributed by atoms with Gasteiger partial charge in [-0.3, -0.25) is 0 Å². The fourth-order valence-corrected chi connectivity index (χ4v) is 5.45. The summed E-state index contributed by atoms with van der Waals surface area (Å²) < 4.78 is 7.24. The molecule has 1 aromatic heterocycles. The number of ether oxygens (including phenoxy) is 1. The molecule has 118 valence electrons. The molecule has 0 radical (unpaired) electrons. The summed E-state index contributed by atoms with van der Waals surface area (Å²) in [5, 5.41) is 1.89. The van der Waals surface area contributed by atoms with E-state index in [0.29, 0.717) is 11.1 Å². The molecule has 0 unspecified atom stereocenters. The molecule has 0 saturated carbocycles. The first-order valence-electron chi connectivity index (χ1n) is 8.09. The van der Waals surface area contributed by atoms with Crippen molar-refractivity contribution in [3.8, 4) is 11.1 Å². The Hall–Kier alpha value is -2.98. The van der Waals surface area contributed by atoms with Gasteiger partial charge in [-0.05, 0) is 22.8 Å². The molecule has 0 atom stereocenters. The van der Waals surface area contributed by atoms with Crippen molar-refractivity contribution >= 4 is 43.4 Å². The Balaban J connectivity index is 1.91. The Kier molecular flexibility index (Phi) is 2.32. The van der Waals surface area contributed by atoms with Crippen molar-refractivity contribution < 1.29 is 14.3 Å². The quantitative estimate of drug-likeness (QED) is 0.296. The molecule has 0 spiro atoms. The fraction of sp³-hybridized carbons (Fsp3) is 0.0476. The highest BCUT2D eigenvalue weighted by Gasteiger charge is 2.40. The Labute approximate surface area is 146 Å². The van der Waals surface area contributed by atoms with Crippen molar-refractivity contribution in [1.29, 1.82) is 0 Å². The topological polar surface area (TPSA) is 43.4 Å². The summed E-state index contributed by atoms with van der Waals surface area (Å²) in [5.74, 6) is -1.05. The molecule has 25 heavy (non-hydrogen) atoms. The lowest BCUT2D eigenvalue weighted by Gasteiger charge is -2.07. The number of hydrogen-bond acceptors (Lipinski definition) is 4. The lowest BCUT2D eigenvalue weighted by Crippen LogP contribution is -1.98. The molecule has 1 aliphatic heterocycles. The molecule has 4 heteroatoms. The zero-order valence-corrected chi connectivity index (χ0v) is 13.8. The molecule has 2 heterocycles. The largest absolute Gasteiger partial charge is 0.386 e. The number of carbonyl (C=O) groups is 2. The van der Waals surface area contributed by atoms with Gasteiger partial charge in [0.15, 0.2) is 0 Å². The fourth-order valence-electron chi connectivity index (χ4n) is 4.19. The van der Waals surface area contributed by atoms with Gasteiger partial charge >= 0.3 is 11.9 Å². The summed E-state index contributed by atoms with van der Waals surface area (Å²) in [6.07, 6.45) is 0.781. The zero-order valence-electron chi connectivity index (χ0n) is 13.0. The van der Waals surface area contributed by atoms with Crippen LogP contribution in [0.2, 0.25) is 0 Å². The summed E-state index contributed by atoms with van der Waals surface area (Å²) in [6.45, 7) is 0. The first-order valence-corrected chi connectivity index (χ1v) is 8.90. The molecule has 0 fully saturated rings. The van der Waals surface area contributed by atoms with E-state index in [2.05, 4.69) is 12.1 Å². The third-order valence-electron chi connectivity index (χ3n) is 5.17. The summed E-state index contributed by atoms with van der Waals surface area (Å²) >= 11 is 1.69. The molecular weight excluding hydrogens is 332 g/mol. The van der Waals surface area contributed by atoms with E-state index in [1.54, 1.807) is 11.3 Å². The second-order valence-corrected chi connectivity index (χ2v) is 7.47. The normalized spacial score (nSPS) is 14.7. The number of hydrogen-bond donors (Lipinski definition) is 0. The van der Waals surface area contributed by atoms with E-state index in [-0.39, 0.29) is 0 Å². The summed E-state index contributed by atoms with van der Waals surface area (Å²) in [5.41, 5.74) is 5.15. The van der Waals surface area contributed by atoms with Gasteiger partial charge in [0.1, 0.15) is 0 Å². The second-order valence-electron chi connectivity index (χ2n) is 6.42. The average molecular weight is 342 g/mol. The summed E-state index contributed by atoms with van der Waals surface area (Å²) in [4.78, 5) is 25.0.